The lowest BCUT2D eigenvalue weighted by Gasteiger charge is -2.22. The number of halogens is 1. The van der Waals surface area contributed by atoms with Gasteiger partial charge in [-0.1, -0.05) is 28.1 Å². The molecule has 1 atom stereocenters. The molecule has 2 aromatic rings. The molecule has 1 unspecified atom stereocenters. The molecule has 0 aliphatic carbocycles. The molecule has 142 valence electrons. The van der Waals surface area contributed by atoms with Gasteiger partial charge in [0.05, 0.1) is 19.3 Å². The molecule has 0 aromatic heterocycles. The first-order valence-electron chi connectivity index (χ1n) is 8.46. The summed E-state index contributed by atoms with van der Waals surface area (Å²) in [6.07, 6.45) is -0.265. The molecule has 3 rings (SSSR count). The third kappa shape index (κ3) is 3.70. The zero-order valence-corrected chi connectivity index (χ0v) is 16.7. The predicted octanol–water partition coefficient (Wildman–Crippen LogP) is 3.05. The van der Waals surface area contributed by atoms with Gasteiger partial charge in [0.15, 0.2) is 17.1 Å². The Kier molecular flexibility index (Phi) is 5.53. The van der Waals surface area contributed by atoms with Crippen LogP contribution in [0.15, 0.2) is 46.9 Å². The van der Waals surface area contributed by atoms with Crippen molar-refractivity contribution < 1.29 is 24.2 Å². The Bertz CT molecular complexity index is 884. The summed E-state index contributed by atoms with van der Waals surface area (Å²) >= 11 is 3.36. The fourth-order valence-corrected chi connectivity index (χ4v) is 3.62. The maximum Gasteiger partial charge on any atom is 0.264 e. The van der Waals surface area contributed by atoms with Gasteiger partial charge in [0.1, 0.15) is 12.4 Å². The van der Waals surface area contributed by atoms with E-state index < -0.39 is 11.5 Å². The van der Waals surface area contributed by atoms with E-state index in [2.05, 4.69) is 15.9 Å². The van der Waals surface area contributed by atoms with Crippen molar-refractivity contribution in [1.82, 2.24) is 0 Å². The zero-order valence-electron chi connectivity index (χ0n) is 15.1. The number of para-hydroxylation sites is 2. The van der Waals surface area contributed by atoms with E-state index in [0.717, 1.165) is 4.47 Å². The second-order valence-corrected chi connectivity index (χ2v) is 7.27. The molecule has 0 fully saturated rings. The Morgan fingerprint density at radius 1 is 1.22 bits per heavy atom. The molecule has 1 N–H and O–H groups in total. The molecule has 6 nitrogen and oxygen atoms in total. The van der Waals surface area contributed by atoms with Crippen LogP contribution in [0.2, 0.25) is 0 Å². The van der Waals surface area contributed by atoms with Gasteiger partial charge in [-0.05, 0) is 37.3 Å². The third-order valence-corrected chi connectivity index (χ3v) is 4.93. The summed E-state index contributed by atoms with van der Waals surface area (Å²) in [6, 6.07) is 12.5. The Morgan fingerprint density at radius 2 is 1.93 bits per heavy atom. The second-order valence-electron chi connectivity index (χ2n) is 6.36. The summed E-state index contributed by atoms with van der Waals surface area (Å²) in [6.45, 7) is 1.79. The number of methoxy groups -OCH3 is 1. The number of hydrogen-bond acceptors (Lipinski definition) is 5. The van der Waals surface area contributed by atoms with E-state index >= 15 is 0 Å². The van der Waals surface area contributed by atoms with Gasteiger partial charge in [-0.25, -0.2) is 0 Å². The number of nitrogens with zero attached hydrogens (tertiary/aromatic N) is 1. The number of amides is 1. The van der Waals surface area contributed by atoms with Crippen LogP contribution in [0.4, 0.5) is 5.69 Å². The van der Waals surface area contributed by atoms with E-state index in [1.165, 1.54) is 11.8 Å². The highest BCUT2D eigenvalue weighted by atomic mass is 79.9. The van der Waals surface area contributed by atoms with Gasteiger partial charge < -0.3 is 19.5 Å². The first kappa shape index (κ1) is 19.4. The number of Topliss-reactive ketones (excluding diaryl/α,β-unsaturated/α-hetero) is 1. The SMILES string of the molecule is COc1ccccc1OCCN1C(=O)C(O)(CC(C)=O)c2cc(Br)ccc21. The maximum atomic E-state index is 12.9. The highest BCUT2D eigenvalue weighted by Gasteiger charge is 2.50. The number of carbonyl (C=O) groups is 2. The average molecular weight is 434 g/mol. The summed E-state index contributed by atoms with van der Waals surface area (Å²) in [7, 11) is 1.56. The summed E-state index contributed by atoms with van der Waals surface area (Å²) in [4.78, 5) is 26.0. The van der Waals surface area contributed by atoms with Crippen molar-refractivity contribution in [2.24, 2.45) is 0 Å². The minimum Gasteiger partial charge on any atom is -0.493 e. The quantitative estimate of drug-likeness (QED) is 0.725. The summed E-state index contributed by atoms with van der Waals surface area (Å²) in [5.74, 6) is 0.391. The van der Waals surface area contributed by atoms with Crippen LogP contribution < -0.4 is 14.4 Å². The molecule has 7 heteroatoms. The molecule has 2 aromatic carbocycles. The topological polar surface area (TPSA) is 76.1 Å². The first-order chi connectivity index (χ1) is 12.9. The van der Waals surface area contributed by atoms with E-state index in [9.17, 15) is 14.7 Å². The molecule has 0 radical (unpaired) electrons. The van der Waals surface area contributed by atoms with Gasteiger partial charge >= 0.3 is 0 Å². The van der Waals surface area contributed by atoms with E-state index in [1.807, 2.05) is 12.1 Å². The Labute approximate surface area is 165 Å². The van der Waals surface area contributed by atoms with Crippen LogP contribution in [0.1, 0.15) is 18.9 Å². The normalized spacial score (nSPS) is 18.4. The molecular formula is C20H20BrNO5. The van der Waals surface area contributed by atoms with Gasteiger partial charge in [-0.3, -0.25) is 9.59 Å². The van der Waals surface area contributed by atoms with Crippen LogP contribution in [-0.2, 0) is 15.2 Å². The lowest BCUT2D eigenvalue weighted by atomic mass is 9.90. The zero-order chi connectivity index (χ0) is 19.6. The molecule has 1 heterocycles. The maximum absolute atomic E-state index is 12.9. The van der Waals surface area contributed by atoms with E-state index in [1.54, 1.807) is 37.4 Å². The van der Waals surface area contributed by atoms with E-state index in [4.69, 9.17) is 9.47 Å². The number of aliphatic hydroxyl groups is 1. The van der Waals surface area contributed by atoms with Crippen LogP contribution in [0, 0.1) is 0 Å². The smallest absolute Gasteiger partial charge is 0.264 e. The number of carbonyl (C=O) groups excluding carboxylic acids is 2. The summed E-state index contributed by atoms with van der Waals surface area (Å²) in [5, 5.41) is 11.0. The minimum absolute atomic E-state index is 0.206. The molecule has 1 aliphatic heterocycles. The van der Waals surface area contributed by atoms with Gasteiger partial charge in [0.2, 0.25) is 0 Å². The van der Waals surface area contributed by atoms with Crippen LogP contribution in [0.3, 0.4) is 0 Å². The van der Waals surface area contributed by atoms with E-state index in [-0.39, 0.29) is 25.4 Å². The number of fused-ring (bicyclic) bond motifs is 1. The number of benzene rings is 2. The lowest BCUT2D eigenvalue weighted by molar-refractivity contribution is -0.141. The molecule has 1 aliphatic rings. The van der Waals surface area contributed by atoms with Crippen molar-refractivity contribution in [2.75, 3.05) is 25.2 Å². The molecule has 0 saturated carbocycles. The molecule has 0 spiro atoms. The molecular weight excluding hydrogens is 414 g/mol. The van der Waals surface area contributed by atoms with Gasteiger partial charge in [-0.2, -0.15) is 0 Å². The Balaban J connectivity index is 1.82. The van der Waals surface area contributed by atoms with Gasteiger partial charge in [-0.15, -0.1) is 0 Å². The number of ketones is 1. The van der Waals surface area contributed by atoms with Crippen LogP contribution >= 0.6 is 15.9 Å². The number of anilines is 1. The standard InChI is InChI=1S/C20H20BrNO5/c1-13(23)12-20(25)15-11-14(21)7-8-16(15)22(19(20)24)9-10-27-18-6-4-3-5-17(18)26-2/h3-8,11,25H,9-10,12H2,1-2H3. The van der Waals surface area contributed by atoms with Gasteiger partial charge in [0, 0.05) is 16.5 Å². The molecule has 1 amide bonds. The number of hydrogen-bond donors (Lipinski definition) is 1. The van der Waals surface area contributed by atoms with Crippen LogP contribution in [0.25, 0.3) is 0 Å². The van der Waals surface area contributed by atoms with Crippen molar-refractivity contribution in [3.8, 4) is 11.5 Å². The number of rotatable bonds is 7. The molecule has 27 heavy (non-hydrogen) atoms. The fraction of sp³-hybridized carbons (Fsp3) is 0.300. The number of ether oxygens (including phenoxy) is 2. The van der Waals surface area contributed by atoms with Crippen LogP contribution in [0.5, 0.6) is 11.5 Å². The minimum atomic E-state index is -1.85. The summed E-state index contributed by atoms with van der Waals surface area (Å²) in [5.41, 5.74) is -0.847. The fourth-order valence-electron chi connectivity index (χ4n) is 3.26. The van der Waals surface area contributed by atoms with Crippen LogP contribution in [-0.4, -0.2) is 37.1 Å². The Hall–Kier alpha value is -2.38. The summed E-state index contributed by atoms with van der Waals surface area (Å²) < 4.78 is 11.7. The highest BCUT2D eigenvalue weighted by molar-refractivity contribution is 9.10. The van der Waals surface area contributed by atoms with Crippen molar-refractivity contribution in [1.29, 1.82) is 0 Å². The predicted molar refractivity (Wildman–Crippen MR) is 104 cm³/mol. The van der Waals surface area contributed by atoms with Crippen molar-refractivity contribution in [2.45, 2.75) is 18.9 Å². The second kappa shape index (κ2) is 7.70. The Morgan fingerprint density at radius 3 is 2.59 bits per heavy atom. The van der Waals surface area contributed by atoms with Gasteiger partial charge in [0.25, 0.3) is 5.91 Å². The molecule has 0 saturated heterocycles. The largest absolute Gasteiger partial charge is 0.493 e. The first-order valence-corrected chi connectivity index (χ1v) is 9.25. The highest BCUT2D eigenvalue weighted by Crippen LogP contribution is 2.43. The molecule has 0 bridgehead atoms. The lowest BCUT2D eigenvalue weighted by Crippen LogP contribution is -2.43. The third-order valence-electron chi connectivity index (χ3n) is 4.44. The van der Waals surface area contributed by atoms with E-state index in [0.29, 0.717) is 22.7 Å². The van der Waals surface area contributed by atoms with Crippen molar-refractivity contribution in [3.05, 3.63) is 52.5 Å². The monoisotopic (exact) mass is 433 g/mol. The van der Waals surface area contributed by atoms with Crippen molar-refractivity contribution in [3.63, 3.8) is 0 Å². The average Bonchev–Trinajstić information content (AvgIpc) is 2.83. The van der Waals surface area contributed by atoms with Crippen molar-refractivity contribution >= 4 is 33.3 Å².